The average Bonchev–Trinajstić information content (AvgIpc) is 2.68. The molecule has 0 aliphatic rings. The van der Waals surface area contributed by atoms with Crippen molar-refractivity contribution in [3.05, 3.63) is 5.82 Å². The van der Waals surface area contributed by atoms with E-state index in [1.807, 2.05) is 25.3 Å². The largest absolute Gasteiger partial charge is 0.336 e. The van der Waals surface area contributed by atoms with Crippen molar-refractivity contribution in [2.45, 2.75) is 38.5 Å². The minimum atomic E-state index is -0.495. The SMILES string of the molecule is Cc1nnc(SCC(=O)NC(=O)NC(C)C)n1CCN. The number of nitrogens with two attached hydrogens (primary N) is 1. The highest BCUT2D eigenvalue weighted by molar-refractivity contribution is 7.99. The molecule has 0 spiro atoms. The van der Waals surface area contributed by atoms with Crippen LogP contribution in [0.3, 0.4) is 0 Å². The fourth-order valence-electron chi connectivity index (χ4n) is 1.45. The van der Waals surface area contributed by atoms with Crippen LogP contribution in [0.15, 0.2) is 5.16 Å². The molecular formula is C11H20N6O2S. The summed E-state index contributed by atoms with van der Waals surface area (Å²) in [5.74, 6) is 0.456. The number of nitrogens with zero attached hydrogens (tertiary/aromatic N) is 3. The van der Waals surface area contributed by atoms with Gasteiger partial charge in [0.15, 0.2) is 5.16 Å². The Labute approximate surface area is 121 Å². The number of thioether (sulfide) groups is 1. The van der Waals surface area contributed by atoms with E-state index in [0.717, 1.165) is 5.82 Å². The molecule has 112 valence electrons. The van der Waals surface area contributed by atoms with E-state index in [0.29, 0.717) is 18.2 Å². The summed E-state index contributed by atoms with van der Waals surface area (Å²) in [6.07, 6.45) is 0. The molecule has 1 rings (SSSR count). The van der Waals surface area contributed by atoms with Crippen LogP contribution in [0, 0.1) is 6.92 Å². The van der Waals surface area contributed by atoms with Gasteiger partial charge in [0, 0.05) is 19.1 Å². The molecule has 0 bridgehead atoms. The Morgan fingerprint density at radius 2 is 2.10 bits per heavy atom. The van der Waals surface area contributed by atoms with Crippen molar-refractivity contribution in [1.82, 2.24) is 25.4 Å². The zero-order valence-electron chi connectivity index (χ0n) is 11.8. The lowest BCUT2D eigenvalue weighted by Crippen LogP contribution is -2.43. The van der Waals surface area contributed by atoms with Crippen LogP contribution < -0.4 is 16.4 Å². The number of nitrogens with one attached hydrogen (secondary N) is 2. The number of aryl methyl sites for hydroxylation is 1. The van der Waals surface area contributed by atoms with Crippen LogP contribution in [-0.2, 0) is 11.3 Å². The molecular weight excluding hydrogens is 280 g/mol. The van der Waals surface area contributed by atoms with Gasteiger partial charge in [-0.3, -0.25) is 10.1 Å². The summed E-state index contributed by atoms with van der Waals surface area (Å²) < 4.78 is 1.84. The van der Waals surface area contributed by atoms with Gasteiger partial charge in [0.1, 0.15) is 5.82 Å². The lowest BCUT2D eigenvalue weighted by molar-refractivity contribution is -0.117. The highest BCUT2D eigenvalue weighted by Gasteiger charge is 2.13. The second kappa shape index (κ2) is 7.85. The fourth-order valence-corrected chi connectivity index (χ4v) is 2.26. The number of carbonyl (C=O) groups is 2. The maximum absolute atomic E-state index is 11.6. The summed E-state index contributed by atoms with van der Waals surface area (Å²) in [6, 6.07) is -0.518. The van der Waals surface area contributed by atoms with Crippen molar-refractivity contribution in [3.8, 4) is 0 Å². The number of hydrogen-bond donors (Lipinski definition) is 3. The van der Waals surface area contributed by atoms with E-state index in [9.17, 15) is 9.59 Å². The lowest BCUT2D eigenvalue weighted by Gasteiger charge is -2.09. The summed E-state index contributed by atoms with van der Waals surface area (Å²) in [5, 5.41) is 13.4. The molecule has 8 nitrogen and oxygen atoms in total. The molecule has 0 atom stereocenters. The van der Waals surface area contributed by atoms with Crippen LogP contribution in [0.4, 0.5) is 4.79 Å². The van der Waals surface area contributed by atoms with Crippen LogP contribution in [0.2, 0.25) is 0 Å². The first-order valence-electron chi connectivity index (χ1n) is 6.27. The summed E-state index contributed by atoms with van der Waals surface area (Å²) in [7, 11) is 0. The molecule has 0 saturated heterocycles. The molecule has 1 aromatic rings. The first-order valence-corrected chi connectivity index (χ1v) is 7.25. The number of imide groups is 1. The standard InChI is InChI=1S/C11H20N6O2S/c1-7(2)13-10(19)14-9(18)6-20-11-16-15-8(3)17(11)5-4-12/h7H,4-6,12H2,1-3H3,(H2,13,14,18,19). The zero-order valence-corrected chi connectivity index (χ0v) is 12.7. The maximum Gasteiger partial charge on any atom is 0.321 e. The number of aromatic nitrogens is 3. The van der Waals surface area contributed by atoms with Crippen molar-refractivity contribution in [1.29, 1.82) is 0 Å². The number of hydrogen-bond acceptors (Lipinski definition) is 6. The van der Waals surface area contributed by atoms with E-state index in [2.05, 4.69) is 20.8 Å². The first-order chi connectivity index (χ1) is 9.43. The molecule has 9 heteroatoms. The third kappa shape index (κ3) is 5.17. The van der Waals surface area contributed by atoms with E-state index in [1.165, 1.54) is 11.8 Å². The van der Waals surface area contributed by atoms with Gasteiger partial charge in [-0.05, 0) is 20.8 Å². The highest BCUT2D eigenvalue weighted by Crippen LogP contribution is 2.15. The van der Waals surface area contributed by atoms with Crippen molar-refractivity contribution >= 4 is 23.7 Å². The van der Waals surface area contributed by atoms with E-state index in [-0.39, 0.29) is 17.7 Å². The second-order valence-electron chi connectivity index (χ2n) is 4.44. The number of carbonyl (C=O) groups excluding carboxylic acids is 2. The van der Waals surface area contributed by atoms with Gasteiger partial charge < -0.3 is 15.6 Å². The van der Waals surface area contributed by atoms with Crippen molar-refractivity contribution in [2.75, 3.05) is 12.3 Å². The Balaban J connectivity index is 2.47. The molecule has 0 radical (unpaired) electrons. The summed E-state index contributed by atoms with van der Waals surface area (Å²) in [6.45, 7) is 6.52. The monoisotopic (exact) mass is 300 g/mol. The van der Waals surface area contributed by atoms with Crippen LogP contribution >= 0.6 is 11.8 Å². The molecule has 20 heavy (non-hydrogen) atoms. The second-order valence-corrected chi connectivity index (χ2v) is 5.38. The fraction of sp³-hybridized carbons (Fsp3) is 0.636. The van der Waals surface area contributed by atoms with Crippen molar-refractivity contribution < 1.29 is 9.59 Å². The molecule has 1 aromatic heterocycles. The number of rotatable bonds is 6. The van der Waals surface area contributed by atoms with E-state index in [4.69, 9.17) is 5.73 Å². The molecule has 0 fully saturated rings. The Bertz CT molecular complexity index is 473. The Hall–Kier alpha value is -1.61. The van der Waals surface area contributed by atoms with E-state index < -0.39 is 6.03 Å². The van der Waals surface area contributed by atoms with Crippen molar-refractivity contribution in [3.63, 3.8) is 0 Å². The summed E-state index contributed by atoms with van der Waals surface area (Å²) in [4.78, 5) is 23.0. The van der Waals surface area contributed by atoms with Crippen LogP contribution in [0.5, 0.6) is 0 Å². The predicted octanol–water partition coefficient (Wildman–Crippen LogP) is -0.128. The lowest BCUT2D eigenvalue weighted by atomic mass is 10.4. The van der Waals surface area contributed by atoms with Gasteiger partial charge in [-0.25, -0.2) is 4.79 Å². The average molecular weight is 300 g/mol. The topological polar surface area (TPSA) is 115 Å². The maximum atomic E-state index is 11.6. The van der Waals surface area contributed by atoms with Crippen LogP contribution in [0.25, 0.3) is 0 Å². The van der Waals surface area contributed by atoms with Gasteiger partial charge in [0.25, 0.3) is 0 Å². The quantitative estimate of drug-likeness (QED) is 0.631. The van der Waals surface area contributed by atoms with E-state index in [1.54, 1.807) is 0 Å². The minimum Gasteiger partial charge on any atom is -0.336 e. The Kier molecular flexibility index (Phi) is 6.46. The van der Waals surface area contributed by atoms with E-state index >= 15 is 0 Å². The number of urea groups is 1. The van der Waals surface area contributed by atoms with Gasteiger partial charge in [0.05, 0.1) is 5.75 Å². The third-order valence-corrected chi connectivity index (χ3v) is 3.23. The summed E-state index contributed by atoms with van der Waals surface area (Å²) >= 11 is 1.22. The highest BCUT2D eigenvalue weighted by atomic mass is 32.2. The Morgan fingerprint density at radius 3 is 2.70 bits per heavy atom. The van der Waals surface area contributed by atoms with Crippen molar-refractivity contribution in [2.24, 2.45) is 5.73 Å². The summed E-state index contributed by atoms with van der Waals surface area (Å²) in [5.41, 5.74) is 5.51. The zero-order chi connectivity index (χ0) is 15.1. The number of amides is 3. The van der Waals surface area contributed by atoms with Gasteiger partial charge in [0.2, 0.25) is 5.91 Å². The molecule has 0 aliphatic carbocycles. The van der Waals surface area contributed by atoms with Gasteiger partial charge in [-0.1, -0.05) is 11.8 Å². The normalized spacial score (nSPS) is 10.7. The molecule has 1 heterocycles. The molecule has 0 saturated carbocycles. The molecule has 0 aromatic carbocycles. The first kappa shape index (κ1) is 16.4. The minimum absolute atomic E-state index is 0.0224. The van der Waals surface area contributed by atoms with Crippen LogP contribution in [0.1, 0.15) is 19.7 Å². The third-order valence-electron chi connectivity index (χ3n) is 2.26. The van der Waals surface area contributed by atoms with Gasteiger partial charge >= 0.3 is 6.03 Å². The predicted molar refractivity (Wildman–Crippen MR) is 76.3 cm³/mol. The Morgan fingerprint density at radius 1 is 1.40 bits per heavy atom. The molecule has 3 amide bonds. The van der Waals surface area contributed by atoms with Crippen LogP contribution in [-0.4, -0.2) is 45.0 Å². The van der Waals surface area contributed by atoms with Gasteiger partial charge in [-0.15, -0.1) is 10.2 Å². The molecule has 4 N–H and O–H groups in total. The van der Waals surface area contributed by atoms with Gasteiger partial charge in [-0.2, -0.15) is 0 Å². The molecule has 0 unspecified atom stereocenters. The smallest absolute Gasteiger partial charge is 0.321 e. The molecule has 0 aliphatic heterocycles.